The molecule has 2 N–H and O–H groups in total. The molecule has 2 aromatic carbocycles. The summed E-state index contributed by atoms with van der Waals surface area (Å²) in [6.07, 6.45) is 0. The first-order valence-corrected chi connectivity index (χ1v) is 9.33. The van der Waals surface area contributed by atoms with E-state index in [9.17, 15) is 4.79 Å². The number of nitrogens with one attached hydrogen (secondary N) is 2. The molecule has 6 heteroatoms. The molecule has 3 aromatic rings. The first kappa shape index (κ1) is 19.6. The summed E-state index contributed by atoms with van der Waals surface area (Å²) in [5.74, 6) is 1.02. The number of carbonyl (C=O) groups excluding carboxylic acids is 1. The highest BCUT2D eigenvalue weighted by Crippen LogP contribution is 2.23. The summed E-state index contributed by atoms with van der Waals surface area (Å²) in [7, 11) is 0. The molecule has 1 aromatic heterocycles. The molecule has 6 nitrogen and oxygen atoms in total. The molecule has 0 aliphatic rings. The van der Waals surface area contributed by atoms with Gasteiger partial charge in [0.25, 0.3) is 5.91 Å². The number of aromatic nitrogens is 1. The van der Waals surface area contributed by atoms with Crippen molar-refractivity contribution in [2.75, 3.05) is 11.9 Å². The predicted molar refractivity (Wildman–Crippen MR) is 109 cm³/mol. The van der Waals surface area contributed by atoms with Gasteiger partial charge in [0.15, 0.2) is 0 Å². The number of carbonyl (C=O) groups is 1. The Morgan fingerprint density at radius 1 is 1.14 bits per heavy atom. The van der Waals surface area contributed by atoms with Gasteiger partial charge in [0.2, 0.25) is 0 Å². The highest BCUT2D eigenvalue weighted by atomic mass is 16.5. The standard InChI is InChI=1S/C22H25N3O3/c1-4-23-13-17-8-7-9-18(12-17)24-22(26)19-10-5-6-11-21(19)27-14-20-15(2)25-28-16(20)3/h5-12,23H,4,13-14H2,1-3H3,(H,24,26). The summed E-state index contributed by atoms with van der Waals surface area (Å²) in [6.45, 7) is 7.73. The first-order valence-electron chi connectivity index (χ1n) is 9.33. The van der Waals surface area contributed by atoms with E-state index in [1.54, 1.807) is 12.1 Å². The molecule has 0 aliphatic carbocycles. The van der Waals surface area contributed by atoms with Crippen molar-refractivity contribution in [2.24, 2.45) is 0 Å². The normalized spacial score (nSPS) is 10.7. The van der Waals surface area contributed by atoms with E-state index in [0.717, 1.165) is 41.4 Å². The number of anilines is 1. The SMILES string of the molecule is CCNCc1cccc(NC(=O)c2ccccc2OCc2c(C)noc2C)c1. The van der Waals surface area contributed by atoms with Gasteiger partial charge in [-0.05, 0) is 50.2 Å². The van der Waals surface area contributed by atoms with Crippen molar-refractivity contribution >= 4 is 11.6 Å². The summed E-state index contributed by atoms with van der Waals surface area (Å²) in [5.41, 5.74) is 4.03. The molecule has 0 radical (unpaired) electrons. The van der Waals surface area contributed by atoms with Gasteiger partial charge in [-0.25, -0.2) is 0 Å². The van der Waals surface area contributed by atoms with Gasteiger partial charge in [0, 0.05) is 12.2 Å². The van der Waals surface area contributed by atoms with E-state index in [4.69, 9.17) is 9.26 Å². The minimum absolute atomic E-state index is 0.213. The van der Waals surface area contributed by atoms with Crippen LogP contribution in [-0.2, 0) is 13.2 Å². The van der Waals surface area contributed by atoms with E-state index >= 15 is 0 Å². The molecular weight excluding hydrogens is 354 g/mol. The van der Waals surface area contributed by atoms with Crippen molar-refractivity contribution in [2.45, 2.75) is 33.9 Å². The van der Waals surface area contributed by atoms with Crippen molar-refractivity contribution in [3.8, 4) is 5.75 Å². The van der Waals surface area contributed by atoms with E-state index in [1.165, 1.54) is 0 Å². The van der Waals surface area contributed by atoms with E-state index in [1.807, 2.05) is 50.2 Å². The van der Waals surface area contributed by atoms with Crippen LogP contribution in [-0.4, -0.2) is 17.6 Å². The number of aryl methyl sites for hydroxylation is 2. The van der Waals surface area contributed by atoms with Gasteiger partial charge in [-0.15, -0.1) is 0 Å². The smallest absolute Gasteiger partial charge is 0.259 e. The van der Waals surface area contributed by atoms with Crippen LogP contribution in [0.1, 0.15) is 39.9 Å². The fraction of sp³-hybridized carbons (Fsp3) is 0.273. The zero-order chi connectivity index (χ0) is 19.9. The van der Waals surface area contributed by atoms with Crippen LogP contribution in [0.2, 0.25) is 0 Å². The Kier molecular flexibility index (Phi) is 6.45. The minimum Gasteiger partial charge on any atom is -0.488 e. The Balaban J connectivity index is 1.72. The van der Waals surface area contributed by atoms with Crippen LogP contribution in [0.5, 0.6) is 5.75 Å². The van der Waals surface area contributed by atoms with Gasteiger partial charge in [-0.2, -0.15) is 0 Å². The molecule has 28 heavy (non-hydrogen) atoms. The molecule has 0 fully saturated rings. The number of benzene rings is 2. The molecule has 0 atom stereocenters. The van der Waals surface area contributed by atoms with Crippen LogP contribution >= 0.6 is 0 Å². The van der Waals surface area contributed by atoms with Crippen molar-refractivity contribution in [1.29, 1.82) is 0 Å². The molecule has 0 spiro atoms. The first-order chi connectivity index (χ1) is 13.6. The Labute approximate surface area is 164 Å². The Morgan fingerprint density at radius 3 is 2.71 bits per heavy atom. The minimum atomic E-state index is -0.213. The second-order valence-electron chi connectivity index (χ2n) is 6.52. The molecule has 0 bridgehead atoms. The van der Waals surface area contributed by atoms with Crippen LogP contribution in [0.4, 0.5) is 5.69 Å². The third kappa shape index (κ3) is 4.78. The van der Waals surface area contributed by atoms with Crippen molar-refractivity contribution in [3.63, 3.8) is 0 Å². The monoisotopic (exact) mass is 379 g/mol. The summed E-state index contributed by atoms with van der Waals surface area (Å²) < 4.78 is 11.1. The zero-order valence-electron chi connectivity index (χ0n) is 16.4. The third-order valence-corrected chi connectivity index (χ3v) is 4.45. The van der Waals surface area contributed by atoms with Gasteiger partial charge in [0.1, 0.15) is 18.1 Å². The molecular formula is C22H25N3O3. The molecule has 146 valence electrons. The number of para-hydroxylation sites is 1. The van der Waals surface area contributed by atoms with E-state index < -0.39 is 0 Å². The summed E-state index contributed by atoms with van der Waals surface area (Å²) in [6, 6.07) is 15.0. The second-order valence-corrected chi connectivity index (χ2v) is 6.52. The second kappa shape index (κ2) is 9.19. The summed E-state index contributed by atoms with van der Waals surface area (Å²) in [5, 5.41) is 10.2. The van der Waals surface area contributed by atoms with E-state index in [0.29, 0.717) is 17.9 Å². The summed E-state index contributed by atoms with van der Waals surface area (Å²) >= 11 is 0. The highest BCUT2D eigenvalue weighted by Gasteiger charge is 2.15. The van der Waals surface area contributed by atoms with Gasteiger partial charge in [-0.3, -0.25) is 4.79 Å². The average molecular weight is 379 g/mol. The number of hydrogen-bond acceptors (Lipinski definition) is 5. The zero-order valence-corrected chi connectivity index (χ0v) is 16.4. The molecule has 0 unspecified atom stereocenters. The van der Waals surface area contributed by atoms with Crippen molar-refractivity contribution in [3.05, 3.63) is 76.7 Å². The molecule has 0 aliphatic heterocycles. The number of amides is 1. The van der Waals surface area contributed by atoms with Crippen LogP contribution in [0.3, 0.4) is 0 Å². The predicted octanol–water partition coefficient (Wildman–Crippen LogP) is 4.23. The Hall–Kier alpha value is -3.12. The maximum Gasteiger partial charge on any atom is 0.259 e. The van der Waals surface area contributed by atoms with Gasteiger partial charge in [0.05, 0.1) is 16.8 Å². The number of ether oxygens (including phenoxy) is 1. The van der Waals surface area contributed by atoms with Crippen LogP contribution < -0.4 is 15.4 Å². The number of nitrogens with zero attached hydrogens (tertiary/aromatic N) is 1. The summed E-state index contributed by atoms with van der Waals surface area (Å²) in [4.78, 5) is 12.8. The Morgan fingerprint density at radius 2 is 1.96 bits per heavy atom. The third-order valence-electron chi connectivity index (χ3n) is 4.45. The van der Waals surface area contributed by atoms with E-state index in [-0.39, 0.29) is 5.91 Å². The lowest BCUT2D eigenvalue weighted by molar-refractivity contribution is 0.102. The van der Waals surface area contributed by atoms with Crippen LogP contribution in [0.15, 0.2) is 53.1 Å². The van der Waals surface area contributed by atoms with Crippen LogP contribution in [0, 0.1) is 13.8 Å². The molecule has 1 heterocycles. The van der Waals surface area contributed by atoms with E-state index in [2.05, 4.69) is 22.7 Å². The molecule has 0 saturated carbocycles. The quantitative estimate of drug-likeness (QED) is 0.612. The van der Waals surface area contributed by atoms with Crippen LogP contribution in [0.25, 0.3) is 0 Å². The average Bonchev–Trinajstić information content (AvgIpc) is 3.03. The van der Waals surface area contributed by atoms with Gasteiger partial charge >= 0.3 is 0 Å². The van der Waals surface area contributed by atoms with Crippen molar-refractivity contribution < 1.29 is 14.1 Å². The highest BCUT2D eigenvalue weighted by molar-refractivity contribution is 6.06. The lowest BCUT2D eigenvalue weighted by Gasteiger charge is -2.12. The molecule has 0 saturated heterocycles. The maximum atomic E-state index is 12.8. The maximum absolute atomic E-state index is 12.8. The number of hydrogen-bond donors (Lipinski definition) is 2. The number of rotatable bonds is 8. The lowest BCUT2D eigenvalue weighted by atomic mass is 10.1. The molecule has 3 rings (SSSR count). The fourth-order valence-electron chi connectivity index (χ4n) is 2.86. The lowest BCUT2D eigenvalue weighted by Crippen LogP contribution is -2.15. The molecule has 1 amide bonds. The topological polar surface area (TPSA) is 76.4 Å². The van der Waals surface area contributed by atoms with Gasteiger partial charge in [-0.1, -0.05) is 36.3 Å². The Bertz CT molecular complexity index is 930. The van der Waals surface area contributed by atoms with Gasteiger partial charge < -0.3 is 19.9 Å². The largest absolute Gasteiger partial charge is 0.488 e. The fourth-order valence-corrected chi connectivity index (χ4v) is 2.86. The van der Waals surface area contributed by atoms with Crippen molar-refractivity contribution in [1.82, 2.24) is 10.5 Å².